The van der Waals surface area contributed by atoms with Crippen LogP contribution in [0.5, 0.6) is 0 Å². The minimum atomic E-state index is -0.289. The van der Waals surface area contributed by atoms with Gasteiger partial charge in [0.1, 0.15) is 0 Å². The fraction of sp³-hybridized carbons (Fsp3) is 0.462. The third-order valence-electron chi connectivity index (χ3n) is 2.49. The van der Waals surface area contributed by atoms with E-state index in [4.69, 9.17) is 0 Å². The van der Waals surface area contributed by atoms with Crippen molar-refractivity contribution in [3.05, 3.63) is 29.3 Å². The molecular weight excluding hydrogens is 202 g/mol. The van der Waals surface area contributed by atoms with E-state index in [1.807, 2.05) is 19.1 Å². The Morgan fingerprint density at radius 3 is 2.75 bits per heavy atom. The van der Waals surface area contributed by atoms with Crippen LogP contribution in [0, 0.1) is 6.92 Å². The Balaban J connectivity index is 2.71. The minimum absolute atomic E-state index is 0.289. The predicted octanol–water partition coefficient (Wildman–Crippen LogP) is 2.99. The van der Waals surface area contributed by atoms with Crippen molar-refractivity contribution in [2.24, 2.45) is 0 Å². The molecule has 0 saturated heterocycles. The molecule has 0 amide bonds. The second kappa shape index (κ2) is 6.16. The maximum atomic E-state index is 11.3. The molecule has 1 aromatic rings. The number of nitrogens with one attached hydrogen (secondary N) is 1. The molecule has 0 fully saturated rings. The van der Waals surface area contributed by atoms with Crippen molar-refractivity contribution in [1.29, 1.82) is 0 Å². The number of carbonyl (C=O) groups excluding carboxylic acids is 1. The van der Waals surface area contributed by atoms with Crippen molar-refractivity contribution in [1.82, 2.24) is 0 Å². The predicted molar refractivity (Wildman–Crippen MR) is 65.9 cm³/mol. The molecule has 1 rings (SSSR count). The SMILES string of the molecule is CCCCNc1ccc(C(=O)OC)cc1C. The van der Waals surface area contributed by atoms with Gasteiger partial charge < -0.3 is 10.1 Å². The van der Waals surface area contributed by atoms with E-state index >= 15 is 0 Å². The molecule has 0 heterocycles. The summed E-state index contributed by atoms with van der Waals surface area (Å²) in [7, 11) is 1.39. The van der Waals surface area contributed by atoms with Gasteiger partial charge in [-0.15, -0.1) is 0 Å². The second-order valence-corrected chi connectivity index (χ2v) is 3.80. The molecule has 0 unspecified atom stereocenters. The van der Waals surface area contributed by atoms with Crippen LogP contribution in [-0.2, 0) is 4.74 Å². The molecule has 0 bridgehead atoms. The monoisotopic (exact) mass is 221 g/mol. The maximum Gasteiger partial charge on any atom is 0.337 e. The zero-order valence-electron chi connectivity index (χ0n) is 10.2. The number of hydrogen-bond acceptors (Lipinski definition) is 3. The topological polar surface area (TPSA) is 38.3 Å². The Morgan fingerprint density at radius 2 is 2.19 bits per heavy atom. The molecule has 0 aliphatic heterocycles. The zero-order valence-corrected chi connectivity index (χ0v) is 10.2. The molecule has 0 aliphatic rings. The summed E-state index contributed by atoms with van der Waals surface area (Å²) in [5, 5.41) is 3.35. The van der Waals surface area contributed by atoms with Gasteiger partial charge in [0.25, 0.3) is 0 Å². The molecular formula is C13H19NO2. The first-order valence-electron chi connectivity index (χ1n) is 5.62. The van der Waals surface area contributed by atoms with Gasteiger partial charge in [0.05, 0.1) is 12.7 Å². The highest BCUT2D eigenvalue weighted by atomic mass is 16.5. The number of benzene rings is 1. The summed E-state index contributed by atoms with van der Waals surface area (Å²) in [5.41, 5.74) is 2.75. The van der Waals surface area contributed by atoms with Gasteiger partial charge in [0.2, 0.25) is 0 Å². The number of carbonyl (C=O) groups is 1. The van der Waals surface area contributed by atoms with Crippen LogP contribution in [0.4, 0.5) is 5.69 Å². The summed E-state index contributed by atoms with van der Waals surface area (Å²) >= 11 is 0. The summed E-state index contributed by atoms with van der Waals surface area (Å²) < 4.78 is 4.67. The number of esters is 1. The Labute approximate surface area is 96.8 Å². The van der Waals surface area contributed by atoms with E-state index < -0.39 is 0 Å². The van der Waals surface area contributed by atoms with Crippen LogP contribution < -0.4 is 5.32 Å². The highest BCUT2D eigenvalue weighted by Crippen LogP contribution is 2.17. The van der Waals surface area contributed by atoms with Crippen molar-refractivity contribution in [3.8, 4) is 0 Å². The number of hydrogen-bond donors (Lipinski definition) is 1. The maximum absolute atomic E-state index is 11.3. The summed E-state index contributed by atoms with van der Waals surface area (Å²) in [6, 6.07) is 5.56. The van der Waals surface area contributed by atoms with Gasteiger partial charge in [-0.2, -0.15) is 0 Å². The third kappa shape index (κ3) is 3.26. The van der Waals surface area contributed by atoms with Gasteiger partial charge in [-0.05, 0) is 37.1 Å². The molecule has 3 heteroatoms. The summed E-state index contributed by atoms with van der Waals surface area (Å²) in [5.74, 6) is -0.289. The van der Waals surface area contributed by atoms with Crippen LogP contribution in [0.15, 0.2) is 18.2 Å². The van der Waals surface area contributed by atoms with Gasteiger partial charge in [-0.3, -0.25) is 0 Å². The first-order chi connectivity index (χ1) is 7.69. The molecule has 3 nitrogen and oxygen atoms in total. The highest BCUT2D eigenvalue weighted by Gasteiger charge is 2.06. The van der Waals surface area contributed by atoms with Gasteiger partial charge in [-0.25, -0.2) is 4.79 Å². The molecule has 16 heavy (non-hydrogen) atoms. The lowest BCUT2D eigenvalue weighted by molar-refractivity contribution is 0.0600. The van der Waals surface area contributed by atoms with Crippen molar-refractivity contribution < 1.29 is 9.53 Å². The number of ether oxygens (including phenoxy) is 1. The molecule has 0 spiro atoms. The van der Waals surface area contributed by atoms with E-state index in [2.05, 4.69) is 17.0 Å². The van der Waals surface area contributed by atoms with Crippen molar-refractivity contribution in [2.75, 3.05) is 19.0 Å². The van der Waals surface area contributed by atoms with E-state index in [0.29, 0.717) is 5.56 Å². The number of unbranched alkanes of at least 4 members (excludes halogenated alkanes) is 1. The first-order valence-corrected chi connectivity index (χ1v) is 5.62. The fourth-order valence-corrected chi connectivity index (χ4v) is 1.51. The van der Waals surface area contributed by atoms with Gasteiger partial charge >= 0.3 is 5.97 Å². The van der Waals surface area contributed by atoms with Crippen LogP contribution in [0.25, 0.3) is 0 Å². The fourth-order valence-electron chi connectivity index (χ4n) is 1.51. The molecule has 88 valence electrons. The van der Waals surface area contributed by atoms with Gasteiger partial charge in [0, 0.05) is 12.2 Å². The van der Waals surface area contributed by atoms with Crippen molar-refractivity contribution >= 4 is 11.7 Å². The van der Waals surface area contributed by atoms with Crippen LogP contribution in [0.1, 0.15) is 35.7 Å². The number of rotatable bonds is 5. The third-order valence-corrected chi connectivity index (χ3v) is 2.49. The standard InChI is InChI=1S/C13H19NO2/c1-4-5-8-14-12-7-6-11(9-10(12)2)13(15)16-3/h6-7,9,14H,4-5,8H2,1-3H3. The Morgan fingerprint density at radius 1 is 1.44 bits per heavy atom. The first kappa shape index (κ1) is 12.6. The largest absolute Gasteiger partial charge is 0.465 e. The highest BCUT2D eigenvalue weighted by molar-refractivity contribution is 5.90. The minimum Gasteiger partial charge on any atom is -0.465 e. The van der Waals surface area contributed by atoms with Gasteiger partial charge in [0.15, 0.2) is 0 Å². The average Bonchev–Trinajstić information content (AvgIpc) is 2.30. The van der Waals surface area contributed by atoms with Crippen LogP contribution in [0.2, 0.25) is 0 Å². The zero-order chi connectivity index (χ0) is 12.0. The summed E-state index contributed by atoms with van der Waals surface area (Å²) in [6.45, 7) is 5.12. The van der Waals surface area contributed by atoms with E-state index in [0.717, 1.165) is 24.2 Å². The quantitative estimate of drug-likeness (QED) is 0.613. The number of anilines is 1. The van der Waals surface area contributed by atoms with E-state index in [-0.39, 0.29) is 5.97 Å². The Kier molecular flexibility index (Phi) is 4.83. The molecule has 0 radical (unpaired) electrons. The lowest BCUT2D eigenvalue weighted by Gasteiger charge is -2.10. The van der Waals surface area contributed by atoms with Crippen molar-refractivity contribution in [2.45, 2.75) is 26.7 Å². The molecule has 0 saturated carbocycles. The molecule has 1 N–H and O–H groups in total. The van der Waals surface area contributed by atoms with Gasteiger partial charge in [-0.1, -0.05) is 13.3 Å². The number of methoxy groups -OCH3 is 1. The number of aryl methyl sites for hydroxylation is 1. The van der Waals surface area contributed by atoms with Crippen LogP contribution in [-0.4, -0.2) is 19.6 Å². The Bertz CT molecular complexity index is 361. The summed E-state index contributed by atoms with van der Waals surface area (Å²) in [4.78, 5) is 11.3. The molecule has 0 aromatic heterocycles. The van der Waals surface area contributed by atoms with Crippen molar-refractivity contribution in [3.63, 3.8) is 0 Å². The lowest BCUT2D eigenvalue weighted by atomic mass is 10.1. The molecule has 0 aliphatic carbocycles. The van der Waals surface area contributed by atoms with E-state index in [9.17, 15) is 4.79 Å². The second-order valence-electron chi connectivity index (χ2n) is 3.80. The van der Waals surface area contributed by atoms with E-state index in [1.165, 1.54) is 13.5 Å². The van der Waals surface area contributed by atoms with E-state index in [1.54, 1.807) is 6.07 Å². The molecule has 0 atom stereocenters. The normalized spacial score (nSPS) is 9.94. The van der Waals surface area contributed by atoms with Crippen LogP contribution >= 0.6 is 0 Å². The lowest BCUT2D eigenvalue weighted by Crippen LogP contribution is -2.05. The average molecular weight is 221 g/mol. The van der Waals surface area contributed by atoms with Crippen LogP contribution in [0.3, 0.4) is 0 Å². The summed E-state index contributed by atoms with van der Waals surface area (Å²) in [6.07, 6.45) is 2.32. The smallest absolute Gasteiger partial charge is 0.337 e. The Hall–Kier alpha value is -1.51. The molecule has 1 aromatic carbocycles.